The molecule has 1 rings (SSSR count). The van der Waals surface area contributed by atoms with Gasteiger partial charge in [0.25, 0.3) is 0 Å². The van der Waals surface area contributed by atoms with Gasteiger partial charge in [0.1, 0.15) is 0 Å². The molecule has 0 aliphatic carbocycles. The molecule has 0 saturated carbocycles. The lowest BCUT2D eigenvalue weighted by molar-refractivity contribution is 0.0566. The highest BCUT2D eigenvalue weighted by Gasteiger charge is 2.41. The predicted molar refractivity (Wildman–Crippen MR) is 73.0 cm³/mol. The molecule has 0 spiro atoms. The summed E-state index contributed by atoms with van der Waals surface area (Å²) in [5.74, 6) is 1.71. The molecule has 0 aromatic rings. The van der Waals surface area contributed by atoms with Gasteiger partial charge in [-0.25, -0.2) is 0 Å². The topological polar surface area (TPSA) is 29.5 Å². The largest absolute Gasteiger partial charge is 0.410 e. The Morgan fingerprint density at radius 3 is 2.20 bits per heavy atom. The van der Waals surface area contributed by atoms with Crippen molar-refractivity contribution in [2.24, 2.45) is 0 Å². The van der Waals surface area contributed by atoms with Crippen LogP contribution in [0.2, 0.25) is 18.1 Å². The summed E-state index contributed by atoms with van der Waals surface area (Å²) < 4.78 is 6.21. The molecule has 1 fully saturated rings. The molecule has 2 nitrogen and oxygen atoms in total. The minimum Gasteiger partial charge on any atom is -0.410 e. The Kier molecular flexibility index (Phi) is 4.63. The Hall–Kier alpha value is 0.837. The predicted octanol–water partition coefficient (Wildman–Crippen LogP) is 3.13. The highest BCUT2D eigenvalue weighted by Crippen LogP contribution is 2.40. The maximum atomic E-state index is 9.86. The van der Waals surface area contributed by atoms with E-state index in [1.54, 1.807) is 10.8 Å². The third-order valence-corrected chi connectivity index (χ3v) is 10.2. The molecule has 0 aromatic heterocycles. The van der Waals surface area contributed by atoms with Crippen LogP contribution in [-0.2, 0) is 4.43 Å². The number of aliphatic hydroxyl groups is 1. The summed E-state index contributed by atoms with van der Waals surface area (Å²) in [7, 11) is 1.84. The second-order valence-electron chi connectivity index (χ2n) is 5.55. The molecule has 0 amide bonds. The second kappa shape index (κ2) is 5.00. The van der Waals surface area contributed by atoms with E-state index in [1.165, 1.54) is 0 Å². The Morgan fingerprint density at radius 1 is 1.20 bits per heavy atom. The summed E-state index contributed by atoms with van der Waals surface area (Å²) in [5, 5.41) is 10.1. The summed E-state index contributed by atoms with van der Waals surface area (Å²) in [4.78, 5) is 0. The zero-order valence-electron chi connectivity index (χ0n) is 10.2. The third kappa shape index (κ3) is 3.66. The lowest BCUT2D eigenvalue weighted by Gasteiger charge is -2.41. The van der Waals surface area contributed by atoms with E-state index in [1.807, 2.05) is 10.8 Å². The summed E-state index contributed by atoms with van der Waals surface area (Å²) >= 11 is 0. The molecule has 0 unspecified atom stereocenters. The maximum Gasteiger partial charge on any atom is 0.192 e. The van der Waals surface area contributed by atoms with Crippen LogP contribution >= 0.6 is 21.6 Å². The normalized spacial score (nSPS) is 29.2. The highest BCUT2D eigenvalue weighted by atomic mass is 33.1. The smallest absolute Gasteiger partial charge is 0.192 e. The minimum absolute atomic E-state index is 0.0390. The molecular weight excluding hydrogens is 244 g/mol. The SMILES string of the molecule is CC(C)(C)[Si](C)(C)O[C@H]1CSSC[C@H]1O. The summed E-state index contributed by atoms with van der Waals surface area (Å²) in [6.07, 6.45) is -0.248. The van der Waals surface area contributed by atoms with Gasteiger partial charge in [-0.15, -0.1) is 0 Å². The lowest BCUT2D eigenvalue weighted by atomic mass is 10.2. The average molecular weight is 267 g/mol. The van der Waals surface area contributed by atoms with Crippen LogP contribution in [0.25, 0.3) is 0 Å². The van der Waals surface area contributed by atoms with Crippen molar-refractivity contribution in [2.75, 3.05) is 11.5 Å². The van der Waals surface area contributed by atoms with Crippen molar-refractivity contribution < 1.29 is 9.53 Å². The van der Waals surface area contributed by atoms with E-state index in [0.717, 1.165) is 11.5 Å². The van der Waals surface area contributed by atoms with Gasteiger partial charge in [0.2, 0.25) is 0 Å². The molecule has 1 saturated heterocycles. The molecule has 1 heterocycles. The quantitative estimate of drug-likeness (QED) is 0.614. The summed E-state index contributed by atoms with van der Waals surface area (Å²) in [6.45, 7) is 11.2. The number of aliphatic hydroxyl groups excluding tert-OH is 1. The Morgan fingerprint density at radius 2 is 1.73 bits per heavy atom. The van der Waals surface area contributed by atoms with Crippen molar-refractivity contribution in [2.45, 2.75) is 51.1 Å². The first-order valence-electron chi connectivity index (χ1n) is 5.34. The van der Waals surface area contributed by atoms with Crippen molar-refractivity contribution in [3.63, 3.8) is 0 Å². The highest BCUT2D eigenvalue weighted by molar-refractivity contribution is 8.76. The molecule has 0 radical (unpaired) electrons. The van der Waals surface area contributed by atoms with Gasteiger partial charge in [0.05, 0.1) is 12.2 Å². The molecule has 1 N–H and O–H groups in total. The second-order valence-corrected chi connectivity index (χ2v) is 12.9. The lowest BCUT2D eigenvalue weighted by Crippen LogP contribution is -2.49. The Balaban J connectivity index is 2.59. The van der Waals surface area contributed by atoms with Gasteiger partial charge >= 0.3 is 0 Å². The standard InChI is InChI=1S/C10H22O2S2Si/c1-10(2,3)15(4,5)12-9-7-14-13-6-8(9)11/h8-9,11H,6-7H2,1-5H3/t8-,9+/m1/s1. The molecule has 2 atom stereocenters. The van der Waals surface area contributed by atoms with E-state index in [-0.39, 0.29) is 17.2 Å². The monoisotopic (exact) mass is 266 g/mol. The zero-order valence-corrected chi connectivity index (χ0v) is 12.9. The summed E-state index contributed by atoms with van der Waals surface area (Å²) in [6, 6.07) is 0. The van der Waals surface area contributed by atoms with Gasteiger partial charge in [-0.2, -0.15) is 0 Å². The molecule has 15 heavy (non-hydrogen) atoms. The van der Waals surface area contributed by atoms with E-state index in [0.29, 0.717) is 0 Å². The molecular formula is C10H22O2S2Si. The number of hydrogen-bond acceptors (Lipinski definition) is 4. The minimum atomic E-state index is -1.72. The van der Waals surface area contributed by atoms with E-state index in [4.69, 9.17) is 4.43 Å². The van der Waals surface area contributed by atoms with Gasteiger partial charge in [0.15, 0.2) is 8.32 Å². The number of hydrogen-bond donors (Lipinski definition) is 1. The van der Waals surface area contributed by atoms with E-state index >= 15 is 0 Å². The van der Waals surface area contributed by atoms with Crippen LogP contribution in [-0.4, -0.2) is 37.1 Å². The van der Waals surface area contributed by atoms with Crippen LogP contribution in [0.3, 0.4) is 0 Å². The van der Waals surface area contributed by atoms with Gasteiger partial charge < -0.3 is 9.53 Å². The van der Waals surface area contributed by atoms with E-state index in [2.05, 4.69) is 33.9 Å². The maximum absolute atomic E-state index is 9.86. The van der Waals surface area contributed by atoms with E-state index < -0.39 is 8.32 Å². The first-order valence-corrected chi connectivity index (χ1v) is 10.7. The molecule has 0 aromatic carbocycles. The van der Waals surface area contributed by atoms with Crippen molar-refractivity contribution >= 4 is 29.9 Å². The van der Waals surface area contributed by atoms with Crippen LogP contribution in [0.4, 0.5) is 0 Å². The molecule has 1 aliphatic heterocycles. The van der Waals surface area contributed by atoms with E-state index in [9.17, 15) is 5.11 Å². The first-order chi connectivity index (χ1) is 6.74. The van der Waals surface area contributed by atoms with Crippen LogP contribution in [0.1, 0.15) is 20.8 Å². The summed E-state index contributed by atoms with van der Waals surface area (Å²) in [5.41, 5.74) is 0. The van der Waals surface area contributed by atoms with Crippen LogP contribution in [0, 0.1) is 0 Å². The fourth-order valence-corrected chi connectivity index (χ4v) is 4.96. The van der Waals surface area contributed by atoms with Gasteiger partial charge in [0, 0.05) is 11.5 Å². The Labute approximate surface area is 102 Å². The first kappa shape index (κ1) is 13.9. The van der Waals surface area contributed by atoms with Crippen LogP contribution < -0.4 is 0 Å². The fraction of sp³-hybridized carbons (Fsp3) is 1.00. The van der Waals surface area contributed by atoms with Crippen molar-refractivity contribution in [3.05, 3.63) is 0 Å². The zero-order chi connectivity index (χ0) is 11.7. The fourth-order valence-electron chi connectivity index (χ4n) is 1.12. The molecule has 1 aliphatic rings. The van der Waals surface area contributed by atoms with Crippen LogP contribution in [0.5, 0.6) is 0 Å². The van der Waals surface area contributed by atoms with Crippen molar-refractivity contribution in [1.29, 1.82) is 0 Å². The third-order valence-electron chi connectivity index (χ3n) is 3.24. The van der Waals surface area contributed by atoms with Crippen molar-refractivity contribution in [3.8, 4) is 0 Å². The van der Waals surface area contributed by atoms with Gasteiger partial charge in [-0.1, -0.05) is 42.4 Å². The average Bonchev–Trinajstić information content (AvgIpc) is 2.06. The van der Waals surface area contributed by atoms with Gasteiger partial charge in [-0.3, -0.25) is 0 Å². The molecule has 90 valence electrons. The Bertz CT molecular complexity index is 216. The van der Waals surface area contributed by atoms with Gasteiger partial charge in [-0.05, 0) is 18.1 Å². The van der Waals surface area contributed by atoms with Crippen molar-refractivity contribution in [1.82, 2.24) is 0 Å². The van der Waals surface area contributed by atoms with Crippen LogP contribution in [0.15, 0.2) is 0 Å². The number of rotatable bonds is 2. The molecule has 0 bridgehead atoms. The molecule has 5 heteroatoms.